The maximum atomic E-state index is 10.5. The number of nitrogens with zero attached hydrogens (tertiary/aromatic N) is 3. The number of nitrogens with one attached hydrogen (secondary N) is 1. The van der Waals surface area contributed by atoms with Gasteiger partial charge in [-0.2, -0.15) is 0 Å². The van der Waals surface area contributed by atoms with Crippen LogP contribution in [0.3, 0.4) is 0 Å². The first-order valence-corrected chi connectivity index (χ1v) is 6.42. The molecule has 1 atom stereocenters. The Hall–Kier alpha value is -2.50. The molecule has 20 heavy (non-hydrogen) atoms. The molecular weight excluding hydrogens is 256 g/mol. The Balaban J connectivity index is 1.85. The molecule has 0 saturated carbocycles. The third kappa shape index (κ3) is 4.01. The average Bonchev–Trinajstić information content (AvgIpc) is 2.47. The van der Waals surface area contributed by atoms with Crippen molar-refractivity contribution in [1.82, 2.24) is 9.97 Å². The number of anilines is 1. The molecule has 0 saturated heterocycles. The molecule has 0 bridgehead atoms. The zero-order chi connectivity index (χ0) is 14.4. The molecule has 1 heterocycles. The minimum absolute atomic E-state index is 0.104. The maximum Gasteiger partial charge on any atom is 0.305 e. The Labute approximate surface area is 117 Å². The van der Waals surface area contributed by atoms with Crippen molar-refractivity contribution >= 4 is 11.6 Å². The quantitative estimate of drug-likeness (QED) is 0.646. The summed E-state index contributed by atoms with van der Waals surface area (Å²) in [7, 11) is 0. The van der Waals surface area contributed by atoms with Gasteiger partial charge in [-0.15, -0.1) is 0 Å². The summed E-state index contributed by atoms with van der Waals surface area (Å²) in [5.41, 5.74) is 1.18. The van der Waals surface area contributed by atoms with E-state index < -0.39 is 4.92 Å². The van der Waals surface area contributed by atoms with Crippen LogP contribution in [-0.4, -0.2) is 20.9 Å². The highest BCUT2D eigenvalue weighted by Crippen LogP contribution is 2.11. The van der Waals surface area contributed by atoms with Crippen molar-refractivity contribution in [2.75, 3.05) is 5.32 Å². The summed E-state index contributed by atoms with van der Waals surface area (Å²) >= 11 is 0. The van der Waals surface area contributed by atoms with Crippen LogP contribution in [0, 0.1) is 10.1 Å². The predicted octanol–water partition coefficient (Wildman–Crippen LogP) is 2.82. The van der Waals surface area contributed by atoms with E-state index in [0.29, 0.717) is 5.95 Å². The SMILES string of the molecule is CC(CCc1ccccc1)Nc1ncc([N+](=O)[O-])cn1. The zero-order valence-corrected chi connectivity index (χ0v) is 11.2. The van der Waals surface area contributed by atoms with Crippen LogP contribution in [0.4, 0.5) is 11.6 Å². The molecule has 2 aromatic rings. The largest absolute Gasteiger partial charge is 0.352 e. The molecule has 1 aromatic heterocycles. The summed E-state index contributed by atoms with van der Waals surface area (Å²) in [5, 5.41) is 13.6. The van der Waals surface area contributed by atoms with Crippen LogP contribution in [-0.2, 0) is 6.42 Å². The van der Waals surface area contributed by atoms with Crippen molar-refractivity contribution in [3.05, 3.63) is 58.4 Å². The Morgan fingerprint density at radius 1 is 1.25 bits per heavy atom. The molecule has 0 aliphatic heterocycles. The van der Waals surface area contributed by atoms with Crippen LogP contribution in [0.1, 0.15) is 18.9 Å². The van der Waals surface area contributed by atoms with E-state index >= 15 is 0 Å². The fourth-order valence-electron chi connectivity index (χ4n) is 1.81. The monoisotopic (exact) mass is 272 g/mol. The van der Waals surface area contributed by atoms with Gasteiger partial charge in [0.05, 0.1) is 4.92 Å². The van der Waals surface area contributed by atoms with Crippen molar-refractivity contribution in [2.24, 2.45) is 0 Å². The van der Waals surface area contributed by atoms with E-state index in [1.54, 1.807) is 0 Å². The molecule has 1 unspecified atom stereocenters. The van der Waals surface area contributed by atoms with Gasteiger partial charge < -0.3 is 5.32 Å². The molecule has 104 valence electrons. The minimum atomic E-state index is -0.511. The zero-order valence-electron chi connectivity index (χ0n) is 11.2. The van der Waals surface area contributed by atoms with Crippen molar-refractivity contribution in [2.45, 2.75) is 25.8 Å². The van der Waals surface area contributed by atoms with E-state index in [1.807, 2.05) is 25.1 Å². The fraction of sp³-hybridized carbons (Fsp3) is 0.286. The second-order valence-corrected chi connectivity index (χ2v) is 4.59. The van der Waals surface area contributed by atoms with Gasteiger partial charge in [0.1, 0.15) is 12.4 Å². The summed E-state index contributed by atoms with van der Waals surface area (Å²) in [4.78, 5) is 17.8. The molecule has 6 nitrogen and oxygen atoms in total. The number of benzene rings is 1. The van der Waals surface area contributed by atoms with Gasteiger partial charge in [0.2, 0.25) is 5.95 Å². The molecular formula is C14H16N4O2. The first kappa shape index (κ1) is 13.9. The van der Waals surface area contributed by atoms with E-state index in [9.17, 15) is 10.1 Å². The van der Waals surface area contributed by atoms with Gasteiger partial charge in [-0.3, -0.25) is 10.1 Å². The highest BCUT2D eigenvalue weighted by atomic mass is 16.6. The molecule has 0 radical (unpaired) electrons. The van der Waals surface area contributed by atoms with Gasteiger partial charge >= 0.3 is 5.69 Å². The maximum absolute atomic E-state index is 10.5. The van der Waals surface area contributed by atoms with E-state index in [2.05, 4.69) is 27.4 Å². The van der Waals surface area contributed by atoms with Crippen LogP contribution in [0.15, 0.2) is 42.7 Å². The summed E-state index contributed by atoms with van der Waals surface area (Å²) < 4.78 is 0. The van der Waals surface area contributed by atoms with Gasteiger partial charge in [0.15, 0.2) is 0 Å². The summed E-state index contributed by atoms with van der Waals surface area (Å²) in [6.45, 7) is 2.04. The van der Waals surface area contributed by atoms with Gasteiger partial charge in [0.25, 0.3) is 0 Å². The minimum Gasteiger partial charge on any atom is -0.352 e. The lowest BCUT2D eigenvalue weighted by atomic mass is 10.1. The van der Waals surface area contributed by atoms with E-state index in [-0.39, 0.29) is 11.7 Å². The lowest BCUT2D eigenvalue weighted by molar-refractivity contribution is -0.385. The topological polar surface area (TPSA) is 81.0 Å². The summed E-state index contributed by atoms with van der Waals surface area (Å²) in [5.74, 6) is 0.413. The number of hydrogen-bond donors (Lipinski definition) is 1. The number of aromatic nitrogens is 2. The highest BCUT2D eigenvalue weighted by molar-refractivity contribution is 5.31. The van der Waals surface area contributed by atoms with Crippen LogP contribution in [0.5, 0.6) is 0 Å². The molecule has 1 N–H and O–H groups in total. The van der Waals surface area contributed by atoms with Crippen LogP contribution >= 0.6 is 0 Å². The second-order valence-electron chi connectivity index (χ2n) is 4.59. The van der Waals surface area contributed by atoms with E-state index in [4.69, 9.17) is 0 Å². The highest BCUT2D eigenvalue weighted by Gasteiger charge is 2.08. The van der Waals surface area contributed by atoms with Gasteiger partial charge in [0, 0.05) is 6.04 Å². The fourth-order valence-corrected chi connectivity index (χ4v) is 1.81. The van der Waals surface area contributed by atoms with Gasteiger partial charge in [-0.1, -0.05) is 30.3 Å². The van der Waals surface area contributed by atoms with Crippen molar-refractivity contribution in [3.8, 4) is 0 Å². The Kier molecular flexibility index (Phi) is 4.60. The van der Waals surface area contributed by atoms with E-state index in [1.165, 1.54) is 18.0 Å². The van der Waals surface area contributed by atoms with Crippen molar-refractivity contribution in [1.29, 1.82) is 0 Å². The Morgan fingerprint density at radius 3 is 2.50 bits per heavy atom. The van der Waals surface area contributed by atoms with Crippen molar-refractivity contribution in [3.63, 3.8) is 0 Å². The van der Waals surface area contributed by atoms with Crippen LogP contribution in [0.2, 0.25) is 0 Å². The van der Waals surface area contributed by atoms with Gasteiger partial charge in [-0.05, 0) is 25.3 Å². The number of nitro groups is 1. The third-order valence-electron chi connectivity index (χ3n) is 2.93. The summed E-state index contributed by atoms with van der Waals surface area (Å²) in [6.07, 6.45) is 4.31. The van der Waals surface area contributed by atoms with E-state index in [0.717, 1.165) is 12.8 Å². The molecule has 0 aliphatic carbocycles. The van der Waals surface area contributed by atoms with Gasteiger partial charge in [-0.25, -0.2) is 9.97 Å². The molecule has 0 spiro atoms. The normalized spacial score (nSPS) is 11.8. The first-order valence-electron chi connectivity index (χ1n) is 6.42. The third-order valence-corrected chi connectivity index (χ3v) is 2.93. The first-order chi connectivity index (χ1) is 9.65. The smallest absolute Gasteiger partial charge is 0.305 e. The number of rotatable bonds is 6. The molecule has 0 fully saturated rings. The summed E-state index contributed by atoms with van der Waals surface area (Å²) in [6, 6.07) is 10.4. The number of hydrogen-bond acceptors (Lipinski definition) is 5. The Bertz CT molecular complexity index is 557. The molecule has 2 rings (SSSR count). The lowest BCUT2D eigenvalue weighted by Gasteiger charge is -2.13. The molecule has 0 amide bonds. The molecule has 6 heteroatoms. The Morgan fingerprint density at radius 2 is 1.90 bits per heavy atom. The average molecular weight is 272 g/mol. The molecule has 1 aromatic carbocycles. The predicted molar refractivity (Wildman–Crippen MR) is 76.5 cm³/mol. The van der Waals surface area contributed by atoms with Crippen molar-refractivity contribution < 1.29 is 4.92 Å². The lowest BCUT2D eigenvalue weighted by Crippen LogP contribution is -2.17. The standard InChI is InChI=1S/C14H16N4O2/c1-11(7-8-12-5-3-2-4-6-12)17-14-15-9-13(10-16-14)18(19)20/h2-6,9-11H,7-8H2,1H3,(H,15,16,17). The van der Waals surface area contributed by atoms with Crippen LogP contribution in [0.25, 0.3) is 0 Å². The molecule has 0 aliphatic rings. The number of aryl methyl sites for hydroxylation is 1. The van der Waals surface area contributed by atoms with Crippen LogP contribution < -0.4 is 5.32 Å². The second kappa shape index (κ2) is 6.60.